The number of nitrogens with one attached hydrogen (secondary N) is 1. The molecule has 0 spiro atoms. The Labute approximate surface area is 138 Å². The van der Waals surface area contributed by atoms with Crippen molar-refractivity contribution in [2.24, 2.45) is 0 Å². The molecule has 0 radical (unpaired) electrons. The molecule has 0 saturated carbocycles. The van der Waals surface area contributed by atoms with Gasteiger partial charge in [-0.05, 0) is 23.8 Å². The zero-order chi connectivity index (χ0) is 17.1. The van der Waals surface area contributed by atoms with Crippen molar-refractivity contribution in [3.05, 3.63) is 53.1 Å². The smallest absolute Gasteiger partial charge is 0.358 e. The molecule has 24 heavy (non-hydrogen) atoms. The second kappa shape index (κ2) is 6.69. The number of fused-ring (bicyclic) bond motifs is 1. The molecule has 1 aromatic heterocycles. The van der Waals surface area contributed by atoms with Gasteiger partial charge in [0.2, 0.25) is 0 Å². The van der Waals surface area contributed by atoms with Crippen molar-refractivity contribution in [3.63, 3.8) is 0 Å². The molecule has 0 bridgehead atoms. The van der Waals surface area contributed by atoms with Gasteiger partial charge in [-0.15, -0.1) is 0 Å². The molecule has 3 rings (SSSR count). The van der Waals surface area contributed by atoms with Crippen LogP contribution in [0.1, 0.15) is 21.7 Å². The first-order chi connectivity index (χ1) is 11.6. The van der Waals surface area contributed by atoms with Crippen LogP contribution in [0, 0.1) is 5.82 Å². The summed E-state index contributed by atoms with van der Waals surface area (Å²) in [5.74, 6) is -0.835. The van der Waals surface area contributed by atoms with E-state index in [9.17, 15) is 14.0 Å². The Morgan fingerprint density at radius 1 is 1.33 bits per heavy atom. The van der Waals surface area contributed by atoms with Crippen molar-refractivity contribution >= 4 is 12.0 Å². The Bertz CT molecular complexity index is 774. The van der Waals surface area contributed by atoms with Crippen molar-refractivity contribution < 1.29 is 18.7 Å². The highest BCUT2D eigenvalue weighted by atomic mass is 19.1. The minimum Gasteiger partial charge on any atom is -0.464 e. The average Bonchev–Trinajstić information content (AvgIpc) is 3.02. The number of halogens is 1. The summed E-state index contributed by atoms with van der Waals surface area (Å²) in [4.78, 5) is 25.4. The van der Waals surface area contributed by atoms with Gasteiger partial charge in [0, 0.05) is 13.1 Å². The fraction of sp³-hybridized carbons (Fsp3) is 0.312. The highest BCUT2D eigenvalue weighted by Gasteiger charge is 2.24. The molecule has 0 atom stereocenters. The van der Waals surface area contributed by atoms with Gasteiger partial charge in [0.05, 0.1) is 25.9 Å². The molecule has 8 heteroatoms. The standard InChI is InChI=1S/C16H17FN4O3/c1-24-15(22)14-8-13-10-20(5-6-21(13)19-14)16(23)18-9-11-3-2-4-12(17)7-11/h2-4,7-8H,5-6,9-10H2,1H3,(H,18,23). The fourth-order valence-corrected chi connectivity index (χ4v) is 2.58. The van der Waals surface area contributed by atoms with Gasteiger partial charge in [-0.3, -0.25) is 4.68 Å². The van der Waals surface area contributed by atoms with Crippen LogP contribution in [0.2, 0.25) is 0 Å². The number of rotatable bonds is 3. The predicted molar refractivity (Wildman–Crippen MR) is 82.6 cm³/mol. The van der Waals surface area contributed by atoms with E-state index in [4.69, 9.17) is 0 Å². The van der Waals surface area contributed by atoms with Gasteiger partial charge in [-0.1, -0.05) is 12.1 Å². The third-order valence-electron chi connectivity index (χ3n) is 3.81. The molecule has 0 unspecified atom stereocenters. The Balaban J connectivity index is 1.61. The van der Waals surface area contributed by atoms with Gasteiger partial charge in [0.15, 0.2) is 5.69 Å². The molecule has 1 aliphatic rings. The highest BCUT2D eigenvalue weighted by molar-refractivity contribution is 5.87. The summed E-state index contributed by atoms with van der Waals surface area (Å²) in [6.45, 7) is 1.57. The van der Waals surface area contributed by atoms with E-state index in [1.807, 2.05) is 0 Å². The number of carbonyl (C=O) groups is 2. The van der Waals surface area contributed by atoms with E-state index in [-0.39, 0.29) is 24.1 Å². The molecular formula is C16H17FN4O3. The molecule has 0 fully saturated rings. The van der Waals surface area contributed by atoms with Gasteiger partial charge in [0.25, 0.3) is 0 Å². The summed E-state index contributed by atoms with van der Waals surface area (Å²) in [5.41, 5.74) is 1.69. The number of urea groups is 1. The number of amides is 2. The number of benzene rings is 1. The normalized spacial score (nSPS) is 13.3. The summed E-state index contributed by atoms with van der Waals surface area (Å²) in [5, 5.41) is 6.93. The average molecular weight is 332 g/mol. The van der Waals surface area contributed by atoms with E-state index in [1.165, 1.54) is 19.2 Å². The molecule has 126 valence electrons. The summed E-state index contributed by atoms with van der Waals surface area (Å²) in [6, 6.07) is 7.47. The van der Waals surface area contributed by atoms with E-state index in [0.717, 1.165) is 5.69 Å². The number of hydrogen-bond donors (Lipinski definition) is 1. The molecule has 1 aliphatic heterocycles. The third-order valence-corrected chi connectivity index (χ3v) is 3.81. The van der Waals surface area contributed by atoms with Gasteiger partial charge in [-0.2, -0.15) is 5.10 Å². The highest BCUT2D eigenvalue weighted by Crippen LogP contribution is 2.14. The summed E-state index contributed by atoms with van der Waals surface area (Å²) < 4.78 is 19.5. The number of esters is 1. The Morgan fingerprint density at radius 2 is 2.17 bits per heavy atom. The first kappa shape index (κ1) is 16.0. The maximum atomic E-state index is 13.1. The maximum absolute atomic E-state index is 13.1. The summed E-state index contributed by atoms with van der Waals surface area (Å²) in [7, 11) is 1.30. The Kier molecular flexibility index (Phi) is 4.45. The lowest BCUT2D eigenvalue weighted by Gasteiger charge is -2.27. The number of hydrogen-bond acceptors (Lipinski definition) is 4. The van der Waals surface area contributed by atoms with E-state index < -0.39 is 5.97 Å². The van der Waals surface area contributed by atoms with E-state index in [2.05, 4.69) is 15.2 Å². The Morgan fingerprint density at radius 3 is 2.92 bits per heavy atom. The van der Waals surface area contributed by atoms with Crippen LogP contribution in [-0.2, 0) is 24.4 Å². The third kappa shape index (κ3) is 3.37. The first-order valence-corrected chi connectivity index (χ1v) is 7.49. The minimum absolute atomic E-state index is 0.231. The summed E-state index contributed by atoms with van der Waals surface area (Å²) in [6.07, 6.45) is 0. The van der Waals surface area contributed by atoms with E-state index in [0.29, 0.717) is 25.2 Å². The first-order valence-electron chi connectivity index (χ1n) is 7.49. The number of aromatic nitrogens is 2. The van der Waals surface area contributed by atoms with Crippen LogP contribution in [0.4, 0.5) is 9.18 Å². The van der Waals surface area contributed by atoms with Crippen LogP contribution in [0.25, 0.3) is 0 Å². The zero-order valence-corrected chi connectivity index (χ0v) is 13.2. The second-order valence-corrected chi connectivity index (χ2v) is 5.45. The molecule has 2 amide bonds. The van der Waals surface area contributed by atoms with E-state index in [1.54, 1.807) is 27.8 Å². The number of carbonyl (C=O) groups excluding carboxylic acids is 2. The SMILES string of the molecule is COC(=O)c1cc2n(n1)CCN(C(=O)NCc1cccc(F)c1)C2. The van der Waals surface area contributed by atoms with Crippen LogP contribution < -0.4 is 5.32 Å². The maximum Gasteiger partial charge on any atom is 0.358 e. The van der Waals surface area contributed by atoms with Crippen molar-refractivity contribution in [2.45, 2.75) is 19.6 Å². The molecule has 2 heterocycles. The molecular weight excluding hydrogens is 315 g/mol. The van der Waals surface area contributed by atoms with Gasteiger partial charge in [0.1, 0.15) is 5.82 Å². The van der Waals surface area contributed by atoms with Gasteiger partial charge in [-0.25, -0.2) is 14.0 Å². The predicted octanol–water partition coefficient (Wildman–Crippen LogP) is 1.53. The zero-order valence-electron chi connectivity index (χ0n) is 13.2. The van der Waals surface area contributed by atoms with Gasteiger partial charge < -0.3 is 15.0 Å². The van der Waals surface area contributed by atoms with Crippen LogP contribution in [0.15, 0.2) is 30.3 Å². The lowest BCUT2D eigenvalue weighted by atomic mass is 10.2. The van der Waals surface area contributed by atoms with Crippen LogP contribution in [-0.4, -0.2) is 40.3 Å². The Hall–Kier alpha value is -2.90. The molecule has 0 saturated heterocycles. The molecule has 7 nitrogen and oxygen atoms in total. The van der Waals surface area contributed by atoms with Crippen molar-refractivity contribution in [1.82, 2.24) is 20.0 Å². The number of nitrogens with zero attached hydrogens (tertiary/aromatic N) is 3. The molecule has 1 N–H and O–H groups in total. The number of ether oxygens (including phenoxy) is 1. The van der Waals surface area contributed by atoms with Gasteiger partial charge >= 0.3 is 12.0 Å². The lowest BCUT2D eigenvalue weighted by Crippen LogP contribution is -2.43. The van der Waals surface area contributed by atoms with Crippen molar-refractivity contribution in [2.75, 3.05) is 13.7 Å². The van der Waals surface area contributed by atoms with Crippen LogP contribution in [0.3, 0.4) is 0 Å². The monoisotopic (exact) mass is 332 g/mol. The topological polar surface area (TPSA) is 76.5 Å². The quantitative estimate of drug-likeness (QED) is 0.865. The summed E-state index contributed by atoms with van der Waals surface area (Å²) >= 11 is 0. The van der Waals surface area contributed by atoms with Crippen LogP contribution >= 0.6 is 0 Å². The van der Waals surface area contributed by atoms with Crippen molar-refractivity contribution in [3.8, 4) is 0 Å². The second-order valence-electron chi connectivity index (χ2n) is 5.45. The lowest BCUT2D eigenvalue weighted by molar-refractivity contribution is 0.0592. The van der Waals surface area contributed by atoms with E-state index >= 15 is 0 Å². The number of methoxy groups -OCH3 is 1. The minimum atomic E-state index is -0.501. The fourth-order valence-electron chi connectivity index (χ4n) is 2.58. The van der Waals surface area contributed by atoms with Crippen LogP contribution in [0.5, 0.6) is 0 Å². The largest absolute Gasteiger partial charge is 0.464 e. The molecule has 1 aromatic carbocycles. The molecule has 2 aromatic rings. The molecule has 0 aliphatic carbocycles. The van der Waals surface area contributed by atoms with Crippen molar-refractivity contribution in [1.29, 1.82) is 0 Å².